The van der Waals surface area contributed by atoms with Gasteiger partial charge >= 0.3 is 0 Å². The molecule has 0 N–H and O–H groups in total. The van der Waals surface area contributed by atoms with Crippen molar-refractivity contribution in [2.45, 2.75) is 64.1 Å². The van der Waals surface area contributed by atoms with E-state index < -0.39 is 0 Å². The van der Waals surface area contributed by atoms with Crippen LogP contribution in [0.2, 0.25) is 0 Å². The summed E-state index contributed by atoms with van der Waals surface area (Å²) in [4.78, 5) is 19.6. The summed E-state index contributed by atoms with van der Waals surface area (Å²) in [7, 11) is 2.02. The first-order chi connectivity index (χ1) is 10.1. The summed E-state index contributed by atoms with van der Waals surface area (Å²) >= 11 is 1.90. The highest BCUT2D eigenvalue weighted by molar-refractivity contribution is 7.11. The molecule has 0 aliphatic carbocycles. The number of nitrogens with zero attached hydrogens (tertiary/aromatic N) is 2. The third kappa shape index (κ3) is 2.53. The molecule has 4 heteroatoms. The maximum absolute atomic E-state index is 12.1. The summed E-state index contributed by atoms with van der Waals surface area (Å²) in [5.74, 6) is 0.335. The van der Waals surface area contributed by atoms with Crippen LogP contribution in [0.3, 0.4) is 0 Å². The predicted molar refractivity (Wildman–Crippen MR) is 87.5 cm³/mol. The van der Waals surface area contributed by atoms with E-state index in [1.54, 1.807) is 0 Å². The Bertz CT molecular complexity index is 527. The highest BCUT2D eigenvalue weighted by atomic mass is 32.1. The molecule has 21 heavy (non-hydrogen) atoms. The van der Waals surface area contributed by atoms with Crippen molar-refractivity contribution in [3.8, 4) is 0 Å². The van der Waals surface area contributed by atoms with Crippen LogP contribution >= 0.6 is 11.3 Å². The zero-order valence-electron chi connectivity index (χ0n) is 13.4. The van der Waals surface area contributed by atoms with Gasteiger partial charge in [0.25, 0.3) is 0 Å². The van der Waals surface area contributed by atoms with Crippen molar-refractivity contribution >= 4 is 17.2 Å². The minimum absolute atomic E-state index is 0.0936. The van der Waals surface area contributed by atoms with Gasteiger partial charge in [0.1, 0.15) is 0 Å². The van der Waals surface area contributed by atoms with Gasteiger partial charge < -0.3 is 4.90 Å². The van der Waals surface area contributed by atoms with Gasteiger partial charge in [0.15, 0.2) is 0 Å². The smallest absolute Gasteiger partial charge is 0.222 e. The van der Waals surface area contributed by atoms with E-state index >= 15 is 0 Å². The third-order valence-electron chi connectivity index (χ3n) is 5.47. The number of likely N-dealkylation sites (tertiary alicyclic amines) is 2. The first-order valence-electron chi connectivity index (χ1n) is 8.13. The normalized spacial score (nSPS) is 30.5. The van der Waals surface area contributed by atoms with Crippen LogP contribution in [-0.4, -0.2) is 40.9 Å². The predicted octanol–water partition coefficient (Wildman–Crippen LogP) is 3.42. The van der Waals surface area contributed by atoms with Crippen LogP contribution in [0.15, 0.2) is 12.1 Å². The molecule has 3 heterocycles. The lowest BCUT2D eigenvalue weighted by Gasteiger charge is -2.51. The van der Waals surface area contributed by atoms with Crippen molar-refractivity contribution in [2.24, 2.45) is 0 Å². The molecule has 2 atom stereocenters. The van der Waals surface area contributed by atoms with E-state index in [9.17, 15) is 4.79 Å². The van der Waals surface area contributed by atoms with Crippen LogP contribution in [0.5, 0.6) is 0 Å². The number of carbonyl (C=O) groups is 1. The van der Waals surface area contributed by atoms with Crippen molar-refractivity contribution in [3.63, 3.8) is 0 Å². The van der Waals surface area contributed by atoms with Gasteiger partial charge in [0, 0.05) is 35.8 Å². The Hall–Kier alpha value is -0.870. The zero-order valence-corrected chi connectivity index (χ0v) is 14.2. The van der Waals surface area contributed by atoms with Crippen molar-refractivity contribution in [2.75, 3.05) is 13.6 Å². The minimum Gasteiger partial charge on any atom is -0.338 e. The number of thiophene rings is 1. The molecule has 2 aliphatic heterocycles. The Morgan fingerprint density at radius 1 is 1.38 bits per heavy atom. The fraction of sp³-hybridized carbons (Fsp3) is 0.706. The number of rotatable bonds is 3. The molecule has 0 bridgehead atoms. The van der Waals surface area contributed by atoms with E-state index in [2.05, 4.69) is 35.8 Å². The van der Waals surface area contributed by atoms with Crippen molar-refractivity contribution < 1.29 is 4.79 Å². The molecule has 2 aliphatic rings. The van der Waals surface area contributed by atoms with Crippen molar-refractivity contribution in [3.05, 3.63) is 21.9 Å². The molecule has 3 nitrogen and oxygen atoms in total. The van der Waals surface area contributed by atoms with E-state index in [1.807, 2.05) is 18.4 Å². The highest BCUT2D eigenvalue weighted by Gasteiger charge is 2.51. The van der Waals surface area contributed by atoms with Crippen LogP contribution in [0.4, 0.5) is 0 Å². The molecule has 2 fully saturated rings. The minimum atomic E-state index is 0.0936. The van der Waals surface area contributed by atoms with E-state index in [-0.39, 0.29) is 5.54 Å². The number of piperidine rings is 1. The fourth-order valence-electron chi connectivity index (χ4n) is 4.44. The molecule has 0 saturated carbocycles. The van der Waals surface area contributed by atoms with Gasteiger partial charge in [0.05, 0.1) is 5.54 Å². The van der Waals surface area contributed by atoms with Crippen LogP contribution in [-0.2, 0) is 11.3 Å². The highest BCUT2D eigenvalue weighted by Crippen LogP contribution is 2.43. The Balaban J connectivity index is 1.83. The van der Waals surface area contributed by atoms with Gasteiger partial charge in [0.2, 0.25) is 5.91 Å². The molecule has 1 amide bonds. The first-order valence-corrected chi connectivity index (χ1v) is 8.94. The number of hydrogen-bond donors (Lipinski definition) is 0. The third-order valence-corrected chi connectivity index (χ3v) is 6.46. The van der Waals surface area contributed by atoms with Crippen LogP contribution in [0, 0.1) is 6.92 Å². The fourth-order valence-corrected chi connectivity index (χ4v) is 5.35. The maximum Gasteiger partial charge on any atom is 0.222 e. The lowest BCUT2D eigenvalue weighted by molar-refractivity contribution is -0.133. The van der Waals surface area contributed by atoms with Gasteiger partial charge in [-0.05, 0) is 51.3 Å². The molecule has 3 rings (SSSR count). The summed E-state index contributed by atoms with van der Waals surface area (Å²) in [6.45, 7) is 6.66. The summed E-state index contributed by atoms with van der Waals surface area (Å²) < 4.78 is 0. The second-order valence-corrected chi connectivity index (χ2v) is 7.94. The number of likely N-dealkylation sites (N-methyl/N-ethyl adjacent to an activating group) is 1. The lowest BCUT2D eigenvalue weighted by Crippen LogP contribution is -2.61. The van der Waals surface area contributed by atoms with Crippen molar-refractivity contribution in [1.82, 2.24) is 9.80 Å². The summed E-state index contributed by atoms with van der Waals surface area (Å²) in [5, 5.41) is 0. The number of carbonyl (C=O) groups excluding carboxylic acids is 1. The standard InChI is InChI=1S/C17H26N2OS/c1-4-15-17(10-8-16(20)18(17)3)9-5-11-19(15)12-14-7-6-13(2)21-14/h6-7,15H,4-5,8-12H2,1-3H3/t15-,17-/m0/s1. The number of hydrogen-bond acceptors (Lipinski definition) is 3. The molecule has 0 radical (unpaired) electrons. The van der Waals surface area contributed by atoms with Crippen LogP contribution < -0.4 is 0 Å². The zero-order chi connectivity index (χ0) is 15.0. The summed E-state index contributed by atoms with van der Waals surface area (Å²) in [5.41, 5.74) is 0.0936. The molecular weight excluding hydrogens is 280 g/mol. The average Bonchev–Trinajstić information content (AvgIpc) is 2.99. The Kier molecular flexibility index (Phi) is 4.10. The average molecular weight is 306 g/mol. The van der Waals surface area contributed by atoms with Crippen molar-refractivity contribution in [1.29, 1.82) is 0 Å². The van der Waals surface area contributed by atoms with Crippen LogP contribution in [0.1, 0.15) is 48.8 Å². The van der Waals surface area contributed by atoms with E-state index in [0.717, 1.165) is 25.8 Å². The van der Waals surface area contributed by atoms with E-state index in [1.165, 1.54) is 29.1 Å². The van der Waals surface area contributed by atoms with Crippen LogP contribution in [0.25, 0.3) is 0 Å². The molecule has 0 aromatic carbocycles. The first kappa shape index (κ1) is 15.0. The maximum atomic E-state index is 12.1. The molecule has 0 unspecified atom stereocenters. The van der Waals surface area contributed by atoms with Gasteiger partial charge in [-0.15, -0.1) is 11.3 Å². The Labute approximate surface area is 131 Å². The second kappa shape index (κ2) is 5.73. The van der Waals surface area contributed by atoms with Gasteiger partial charge in [-0.1, -0.05) is 6.92 Å². The SMILES string of the molecule is CC[C@@H]1N(Cc2ccc(C)s2)CCC[C@]12CCC(=O)N2C. The molecular formula is C17H26N2OS. The Morgan fingerprint density at radius 3 is 2.76 bits per heavy atom. The number of amides is 1. The largest absolute Gasteiger partial charge is 0.338 e. The molecule has 1 spiro atoms. The molecule has 2 saturated heterocycles. The summed E-state index contributed by atoms with van der Waals surface area (Å²) in [6, 6.07) is 4.98. The van der Waals surface area contributed by atoms with Gasteiger partial charge in [-0.3, -0.25) is 9.69 Å². The summed E-state index contributed by atoms with van der Waals surface area (Å²) in [6.07, 6.45) is 5.29. The number of aryl methyl sites for hydroxylation is 1. The van der Waals surface area contributed by atoms with E-state index in [0.29, 0.717) is 11.9 Å². The molecule has 116 valence electrons. The second-order valence-electron chi connectivity index (χ2n) is 6.57. The molecule has 1 aromatic heterocycles. The topological polar surface area (TPSA) is 23.6 Å². The lowest BCUT2D eigenvalue weighted by atomic mass is 9.77. The monoisotopic (exact) mass is 306 g/mol. The molecule has 1 aromatic rings. The Morgan fingerprint density at radius 2 is 2.19 bits per heavy atom. The quantitative estimate of drug-likeness (QED) is 0.854. The van der Waals surface area contributed by atoms with Gasteiger partial charge in [-0.2, -0.15) is 0 Å². The van der Waals surface area contributed by atoms with Gasteiger partial charge in [-0.25, -0.2) is 0 Å². The van der Waals surface area contributed by atoms with E-state index in [4.69, 9.17) is 0 Å².